The Morgan fingerprint density at radius 2 is 1.76 bits per heavy atom. The first-order chi connectivity index (χ1) is 13.8. The number of ketones is 1. The van der Waals surface area contributed by atoms with Gasteiger partial charge in [-0.2, -0.15) is 0 Å². The van der Waals surface area contributed by atoms with E-state index < -0.39 is 22.7 Å². The van der Waals surface area contributed by atoms with Gasteiger partial charge in [-0.05, 0) is 24.6 Å². The Kier molecular flexibility index (Phi) is 5.74. The predicted molar refractivity (Wildman–Crippen MR) is 105 cm³/mol. The van der Waals surface area contributed by atoms with Gasteiger partial charge in [0.05, 0.1) is 23.1 Å². The predicted octanol–water partition coefficient (Wildman–Crippen LogP) is 2.97. The number of hydrogen-bond donors (Lipinski definition) is 1. The van der Waals surface area contributed by atoms with Crippen molar-refractivity contribution in [1.29, 1.82) is 0 Å². The molecule has 0 unspecified atom stereocenters. The molecule has 1 aliphatic rings. The zero-order valence-electron chi connectivity index (χ0n) is 16.0. The first-order valence-electron chi connectivity index (χ1n) is 8.94. The van der Waals surface area contributed by atoms with Gasteiger partial charge in [0.15, 0.2) is 0 Å². The normalized spacial score (nSPS) is 18.3. The van der Waals surface area contributed by atoms with Crippen LogP contribution in [0.15, 0.2) is 54.1 Å². The van der Waals surface area contributed by atoms with E-state index in [-0.39, 0.29) is 30.2 Å². The van der Waals surface area contributed by atoms with Crippen molar-refractivity contribution in [1.82, 2.24) is 4.90 Å². The number of methoxy groups -OCH3 is 1. The standard InChI is InChI=1S/C21H20N2O6/c1-13-3-5-15(6-4-13)19(24)17-18(14-7-9-16(10-8-14)23(27)28)22(11-12-29-2)21(26)20(17)25/h3-10,18,24H,11-12H2,1-2H3/b19-17+/t18-/m0/s1. The maximum atomic E-state index is 12.8. The molecule has 3 rings (SSSR count). The van der Waals surface area contributed by atoms with E-state index >= 15 is 0 Å². The number of aryl methyl sites for hydroxylation is 1. The van der Waals surface area contributed by atoms with Gasteiger partial charge in [0.2, 0.25) is 0 Å². The van der Waals surface area contributed by atoms with E-state index in [1.54, 1.807) is 24.3 Å². The number of carbonyl (C=O) groups is 2. The molecule has 1 N–H and O–H groups in total. The maximum absolute atomic E-state index is 12.8. The van der Waals surface area contributed by atoms with Crippen molar-refractivity contribution in [2.75, 3.05) is 20.3 Å². The topological polar surface area (TPSA) is 110 Å². The molecule has 0 bridgehead atoms. The Bertz CT molecular complexity index is 979. The number of non-ortho nitro benzene ring substituents is 1. The van der Waals surface area contributed by atoms with Crippen molar-refractivity contribution >= 4 is 23.1 Å². The van der Waals surface area contributed by atoms with Crippen molar-refractivity contribution < 1.29 is 24.4 Å². The average Bonchev–Trinajstić information content (AvgIpc) is 2.97. The van der Waals surface area contributed by atoms with Crippen molar-refractivity contribution in [2.24, 2.45) is 0 Å². The van der Waals surface area contributed by atoms with Gasteiger partial charge in [-0.1, -0.05) is 29.8 Å². The van der Waals surface area contributed by atoms with Crippen LogP contribution < -0.4 is 0 Å². The van der Waals surface area contributed by atoms with Gasteiger partial charge in [0.25, 0.3) is 17.4 Å². The number of Topliss-reactive ketones (excluding diaryl/α,β-unsaturated/α-hetero) is 1. The summed E-state index contributed by atoms with van der Waals surface area (Å²) in [6.45, 7) is 2.22. The summed E-state index contributed by atoms with van der Waals surface area (Å²) in [4.78, 5) is 37.1. The minimum atomic E-state index is -0.868. The lowest BCUT2D eigenvalue weighted by Crippen LogP contribution is -2.32. The van der Waals surface area contributed by atoms with E-state index in [0.717, 1.165) is 5.56 Å². The second-order valence-electron chi connectivity index (χ2n) is 6.70. The minimum absolute atomic E-state index is 0.0520. The number of amides is 1. The second kappa shape index (κ2) is 8.24. The highest BCUT2D eigenvalue weighted by atomic mass is 16.6. The SMILES string of the molecule is COCCN1C(=O)C(=O)/C(=C(/O)c2ccc(C)cc2)[C@@H]1c1ccc([N+](=O)[O-])cc1. The number of nitrogens with zero attached hydrogens (tertiary/aromatic N) is 2. The average molecular weight is 396 g/mol. The van der Waals surface area contributed by atoms with Crippen molar-refractivity contribution in [3.63, 3.8) is 0 Å². The molecule has 1 saturated heterocycles. The summed E-state index contributed by atoms with van der Waals surface area (Å²) in [6, 6.07) is 11.6. The van der Waals surface area contributed by atoms with Gasteiger partial charge in [-0.15, -0.1) is 0 Å². The zero-order valence-corrected chi connectivity index (χ0v) is 16.0. The number of ether oxygens (including phenoxy) is 1. The third-order valence-corrected chi connectivity index (χ3v) is 4.82. The van der Waals surface area contributed by atoms with Crippen LogP contribution in [-0.4, -0.2) is 46.9 Å². The molecular formula is C21H20N2O6. The number of nitro benzene ring substituents is 1. The Balaban J connectivity index is 2.14. The molecule has 2 aromatic carbocycles. The number of likely N-dealkylation sites (tertiary alicyclic amines) is 1. The zero-order chi connectivity index (χ0) is 21.1. The molecule has 1 amide bonds. The van der Waals surface area contributed by atoms with Gasteiger partial charge in [0, 0.05) is 31.4 Å². The third kappa shape index (κ3) is 3.88. The molecule has 0 spiro atoms. The summed E-state index contributed by atoms with van der Waals surface area (Å²) < 4.78 is 5.04. The summed E-state index contributed by atoms with van der Waals surface area (Å²) in [5, 5.41) is 21.8. The Morgan fingerprint density at radius 3 is 2.31 bits per heavy atom. The second-order valence-corrected chi connectivity index (χ2v) is 6.70. The highest BCUT2D eigenvalue weighted by Gasteiger charge is 2.45. The Morgan fingerprint density at radius 1 is 1.14 bits per heavy atom. The number of benzene rings is 2. The summed E-state index contributed by atoms with van der Waals surface area (Å²) in [5.41, 5.74) is 1.71. The minimum Gasteiger partial charge on any atom is -0.507 e. The van der Waals surface area contributed by atoms with E-state index in [1.165, 1.54) is 36.3 Å². The fourth-order valence-corrected chi connectivity index (χ4v) is 3.29. The van der Waals surface area contributed by atoms with Crippen LogP contribution >= 0.6 is 0 Å². The van der Waals surface area contributed by atoms with Crippen molar-refractivity contribution in [2.45, 2.75) is 13.0 Å². The number of rotatable bonds is 6. The van der Waals surface area contributed by atoms with Crippen LogP contribution in [0, 0.1) is 17.0 Å². The maximum Gasteiger partial charge on any atom is 0.295 e. The lowest BCUT2D eigenvalue weighted by atomic mass is 9.95. The summed E-state index contributed by atoms with van der Waals surface area (Å²) >= 11 is 0. The highest BCUT2D eigenvalue weighted by molar-refractivity contribution is 6.46. The van der Waals surface area contributed by atoms with Crippen LogP contribution in [0.4, 0.5) is 5.69 Å². The summed E-state index contributed by atoms with van der Waals surface area (Å²) in [7, 11) is 1.48. The molecular weight excluding hydrogens is 376 g/mol. The molecule has 0 aliphatic carbocycles. The number of nitro groups is 1. The van der Waals surface area contributed by atoms with E-state index in [1.807, 2.05) is 6.92 Å². The molecule has 0 aromatic heterocycles. The number of hydrogen-bond acceptors (Lipinski definition) is 6. The largest absolute Gasteiger partial charge is 0.507 e. The van der Waals surface area contributed by atoms with Crippen LogP contribution in [0.25, 0.3) is 5.76 Å². The monoisotopic (exact) mass is 396 g/mol. The van der Waals surface area contributed by atoms with Crippen LogP contribution in [0.5, 0.6) is 0 Å². The fourth-order valence-electron chi connectivity index (χ4n) is 3.29. The van der Waals surface area contributed by atoms with Gasteiger partial charge >= 0.3 is 0 Å². The molecule has 0 radical (unpaired) electrons. The summed E-state index contributed by atoms with van der Waals surface area (Å²) in [6.07, 6.45) is 0. The van der Waals surface area contributed by atoms with Crippen LogP contribution in [0.3, 0.4) is 0 Å². The molecule has 8 heteroatoms. The van der Waals surface area contributed by atoms with Gasteiger partial charge < -0.3 is 14.7 Å². The van der Waals surface area contributed by atoms with E-state index in [2.05, 4.69) is 0 Å². The summed E-state index contributed by atoms with van der Waals surface area (Å²) in [5.74, 6) is -1.84. The lowest BCUT2D eigenvalue weighted by molar-refractivity contribution is -0.384. The Hall–Kier alpha value is -3.52. The van der Waals surface area contributed by atoms with Crippen LogP contribution in [0.2, 0.25) is 0 Å². The van der Waals surface area contributed by atoms with Gasteiger partial charge in [-0.25, -0.2) is 0 Å². The van der Waals surface area contributed by atoms with Gasteiger partial charge in [0.1, 0.15) is 5.76 Å². The van der Waals surface area contributed by atoms with E-state index in [4.69, 9.17) is 4.74 Å². The van der Waals surface area contributed by atoms with Crippen LogP contribution in [0.1, 0.15) is 22.7 Å². The number of carbonyl (C=O) groups excluding carboxylic acids is 2. The molecule has 8 nitrogen and oxygen atoms in total. The first kappa shape index (κ1) is 20.2. The molecule has 150 valence electrons. The van der Waals surface area contributed by atoms with Crippen molar-refractivity contribution in [3.8, 4) is 0 Å². The smallest absolute Gasteiger partial charge is 0.295 e. The van der Waals surface area contributed by atoms with E-state index in [0.29, 0.717) is 11.1 Å². The van der Waals surface area contributed by atoms with Crippen LogP contribution in [-0.2, 0) is 14.3 Å². The molecule has 1 atom stereocenters. The molecule has 0 saturated carbocycles. The first-order valence-corrected chi connectivity index (χ1v) is 8.94. The lowest BCUT2D eigenvalue weighted by Gasteiger charge is -2.25. The number of aliphatic hydroxyl groups excluding tert-OH is 1. The fraction of sp³-hybridized carbons (Fsp3) is 0.238. The molecule has 29 heavy (non-hydrogen) atoms. The Labute approximate surface area is 167 Å². The molecule has 1 aliphatic heterocycles. The quantitative estimate of drug-likeness (QED) is 0.264. The molecule has 2 aromatic rings. The molecule has 1 fully saturated rings. The molecule has 1 heterocycles. The van der Waals surface area contributed by atoms with Gasteiger partial charge in [-0.3, -0.25) is 19.7 Å². The van der Waals surface area contributed by atoms with E-state index in [9.17, 15) is 24.8 Å². The number of aliphatic hydroxyl groups is 1. The third-order valence-electron chi connectivity index (χ3n) is 4.82. The highest BCUT2D eigenvalue weighted by Crippen LogP contribution is 2.39. The van der Waals surface area contributed by atoms with Crippen molar-refractivity contribution in [3.05, 3.63) is 80.9 Å².